The molecule has 0 fully saturated rings. The second kappa shape index (κ2) is 6.56. The first-order valence-electron chi connectivity index (χ1n) is 6.61. The number of hydrogen-bond acceptors (Lipinski definition) is 5. The van der Waals surface area contributed by atoms with Crippen molar-refractivity contribution in [3.63, 3.8) is 0 Å². The van der Waals surface area contributed by atoms with Gasteiger partial charge in [0.05, 0.1) is 18.8 Å². The van der Waals surface area contributed by atoms with E-state index >= 15 is 0 Å². The largest absolute Gasteiger partial charge is 0.449 e. The van der Waals surface area contributed by atoms with Crippen molar-refractivity contribution in [2.75, 3.05) is 18.5 Å². The molecule has 1 aromatic rings. The molecule has 1 aliphatic heterocycles. The number of ether oxygens (including phenoxy) is 1. The molecule has 4 N–H and O–H groups in total. The van der Waals surface area contributed by atoms with Gasteiger partial charge in [0.25, 0.3) is 0 Å². The number of nitrogens with one attached hydrogen (secondary N) is 2. The molecule has 20 heavy (non-hydrogen) atoms. The first-order valence-corrected chi connectivity index (χ1v) is 7.43. The molecular formula is C12H19N5O2S. The highest BCUT2D eigenvalue weighted by Gasteiger charge is 2.25. The van der Waals surface area contributed by atoms with Crippen molar-refractivity contribution in [1.82, 2.24) is 9.88 Å². The summed E-state index contributed by atoms with van der Waals surface area (Å²) in [7, 11) is 0. The predicted octanol–water partition coefficient (Wildman–Crippen LogP) is 1.74. The molecule has 0 aromatic carbocycles. The van der Waals surface area contributed by atoms with Crippen LogP contribution in [0.2, 0.25) is 0 Å². The Hall–Kier alpha value is -1.83. The summed E-state index contributed by atoms with van der Waals surface area (Å²) in [5.74, 6) is -0.132. The van der Waals surface area contributed by atoms with Gasteiger partial charge in [-0.05, 0) is 6.42 Å². The van der Waals surface area contributed by atoms with Crippen molar-refractivity contribution in [1.29, 1.82) is 5.41 Å². The SMILES string of the molecule is CCCCOC(=O)N1CCc2nc(NC(=N)N)sc2C1. The van der Waals surface area contributed by atoms with E-state index in [0.29, 0.717) is 31.2 Å². The van der Waals surface area contributed by atoms with Crippen molar-refractivity contribution >= 4 is 28.5 Å². The van der Waals surface area contributed by atoms with Crippen molar-refractivity contribution in [3.05, 3.63) is 10.6 Å². The van der Waals surface area contributed by atoms with E-state index in [0.717, 1.165) is 23.4 Å². The third-order valence-corrected chi connectivity index (χ3v) is 3.95. The van der Waals surface area contributed by atoms with Crippen LogP contribution in [0.25, 0.3) is 0 Å². The highest BCUT2D eigenvalue weighted by atomic mass is 32.1. The number of hydrogen-bond donors (Lipinski definition) is 3. The van der Waals surface area contributed by atoms with Gasteiger partial charge < -0.3 is 20.7 Å². The summed E-state index contributed by atoms with van der Waals surface area (Å²) in [6.07, 6.45) is 2.33. The highest BCUT2D eigenvalue weighted by Crippen LogP contribution is 2.28. The van der Waals surface area contributed by atoms with Crippen molar-refractivity contribution < 1.29 is 9.53 Å². The Morgan fingerprint density at radius 2 is 2.45 bits per heavy atom. The smallest absolute Gasteiger partial charge is 0.410 e. The fraction of sp³-hybridized carbons (Fsp3) is 0.583. The van der Waals surface area contributed by atoms with Gasteiger partial charge in [0.15, 0.2) is 11.1 Å². The van der Waals surface area contributed by atoms with E-state index in [1.54, 1.807) is 4.90 Å². The van der Waals surface area contributed by atoms with E-state index in [9.17, 15) is 4.79 Å². The van der Waals surface area contributed by atoms with Crippen molar-refractivity contribution in [2.24, 2.45) is 5.73 Å². The van der Waals surface area contributed by atoms with Crippen LogP contribution >= 0.6 is 11.3 Å². The molecular weight excluding hydrogens is 278 g/mol. The normalized spacial score (nSPS) is 13.8. The molecule has 0 atom stereocenters. The molecule has 1 aliphatic rings. The van der Waals surface area contributed by atoms with Crippen molar-refractivity contribution in [2.45, 2.75) is 32.7 Å². The Morgan fingerprint density at radius 3 is 3.15 bits per heavy atom. The summed E-state index contributed by atoms with van der Waals surface area (Å²) in [5, 5.41) is 10.5. The first kappa shape index (κ1) is 14.6. The number of rotatable bonds is 4. The molecule has 0 spiro atoms. The Labute approximate surface area is 121 Å². The maximum atomic E-state index is 11.9. The Morgan fingerprint density at radius 1 is 1.65 bits per heavy atom. The summed E-state index contributed by atoms with van der Waals surface area (Å²) < 4.78 is 5.21. The number of thiazole rings is 1. The minimum absolute atomic E-state index is 0.132. The third-order valence-electron chi connectivity index (χ3n) is 2.95. The monoisotopic (exact) mass is 297 g/mol. The maximum Gasteiger partial charge on any atom is 0.410 e. The number of nitrogens with two attached hydrogens (primary N) is 1. The maximum absolute atomic E-state index is 11.9. The van der Waals surface area contributed by atoms with E-state index in [2.05, 4.69) is 17.2 Å². The molecule has 2 rings (SSSR count). The molecule has 1 aromatic heterocycles. The number of aromatic nitrogens is 1. The average Bonchev–Trinajstić information content (AvgIpc) is 2.78. The third kappa shape index (κ3) is 3.60. The quantitative estimate of drug-likeness (QED) is 0.446. The van der Waals surface area contributed by atoms with Gasteiger partial charge in [0, 0.05) is 17.8 Å². The molecule has 0 unspecified atom stereocenters. The van der Waals surface area contributed by atoms with Crippen LogP contribution in [0.1, 0.15) is 30.3 Å². The zero-order chi connectivity index (χ0) is 14.5. The Balaban J connectivity index is 1.94. The summed E-state index contributed by atoms with van der Waals surface area (Å²) in [4.78, 5) is 19.0. The van der Waals surface area contributed by atoms with Crippen LogP contribution in [-0.2, 0) is 17.7 Å². The Kier molecular flexibility index (Phi) is 4.78. The van der Waals surface area contributed by atoms with E-state index in [4.69, 9.17) is 15.9 Å². The summed E-state index contributed by atoms with van der Waals surface area (Å²) >= 11 is 1.42. The van der Waals surface area contributed by atoms with Gasteiger partial charge >= 0.3 is 6.09 Å². The number of fused-ring (bicyclic) bond motifs is 1. The number of anilines is 1. The summed E-state index contributed by atoms with van der Waals surface area (Å²) in [6.45, 7) is 3.65. The van der Waals surface area contributed by atoms with Gasteiger partial charge in [-0.15, -0.1) is 0 Å². The van der Waals surface area contributed by atoms with E-state index < -0.39 is 0 Å². The lowest BCUT2D eigenvalue weighted by Gasteiger charge is -2.25. The zero-order valence-corrected chi connectivity index (χ0v) is 12.3. The highest BCUT2D eigenvalue weighted by molar-refractivity contribution is 7.15. The zero-order valence-electron chi connectivity index (χ0n) is 11.4. The summed E-state index contributed by atoms with van der Waals surface area (Å²) in [6, 6.07) is 0. The topological polar surface area (TPSA) is 104 Å². The van der Waals surface area contributed by atoms with Gasteiger partial charge in [0.1, 0.15) is 0 Å². The van der Waals surface area contributed by atoms with Crippen LogP contribution in [0.15, 0.2) is 0 Å². The molecule has 0 bridgehead atoms. The second-order valence-corrected chi connectivity index (χ2v) is 5.65. The van der Waals surface area contributed by atoms with Crippen LogP contribution in [-0.4, -0.2) is 35.1 Å². The van der Waals surface area contributed by atoms with Crippen molar-refractivity contribution in [3.8, 4) is 0 Å². The second-order valence-electron chi connectivity index (χ2n) is 4.57. The van der Waals surface area contributed by atoms with Crippen LogP contribution in [0, 0.1) is 5.41 Å². The van der Waals surface area contributed by atoms with E-state index in [-0.39, 0.29) is 12.1 Å². The van der Waals surface area contributed by atoms with Gasteiger partial charge in [-0.25, -0.2) is 9.78 Å². The molecule has 110 valence electrons. The molecule has 2 heterocycles. The Bertz CT molecular complexity index is 502. The first-order chi connectivity index (χ1) is 9.60. The lowest BCUT2D eigenvalue weighted by molar-refractivity contribution is 0.0969. The van der Waals surface area contributed by atoms with Crippen LogP contribution in [0.4, 0.5) is 9.93 Å². The number of carbonyl (C=O) groups excluding carboxylic acids is 1. The number of unbranched alkanes of at least 4 members (excludes halogenated alkanes) is 1. The molecule has 1 amide bonds. The fourth-order valence-electron chi connectivity index (χ4n) is 1.92. The standard InChI is InChI=1S/C12H19N5O2S/c1-2-3-6-19-12(18)17-5-4-8-9(7-17)20-11(15-8)16-10(13)14/h2-7H2,1H3,(H4,13,14,15,16). The molecule has 0 saturated carbocycles. The van der Waals surface area contributed by atoms with Gasteiger partial charge in [-0.2, -0.15) is 0 Å². The van der Waals surface area contributed by atoms with Crippen LogP contribution in [0.5, 0.6) is 0 Å². The van der Waals surface area contributed by atoms with Crippen LogP contribution in [0.3, 0.4) is 0 Å². The fourth-order valence-corrected chi connectivity index (χ4v) is 2.95. The predicted molar refractivity (Wildman–Crippen MR) is 78.0 cm³/mol. The van der Waals surface area contributed by atoms with Crippen LogP contribution < -0.4 is 11.1 Å². The number of guanidine groups is 1. The average molecular weight is 297 g/mol. The number of amides is 1. The summed E-state index contributed by atoms with van der Waals surface area (Å²) in [5.41, 5.74) is 6.25. The molecule has 0 aliphatic carbocycles. The molecule has 8 heteroatoms. The van der Waals surface area contributed by atoms with E-state index in [1.165, 1.54) is 11.3 Å². The molecule has 7 nitrogen and oxygen atoms in total. The number of carbonyl (C=O) groups is 1. The van der Waals surface area contributed by atoms with Gasteiger partial charge in [-0.1, -0.05) is 24.7 Å². The lowest BCUT2D eigenvalue weighted by atomic mass is 10.2. The minimum atomic E-state index is -0.265. The van der Waals surface area contributed by atoms with Gasteiger partial charge in [-0.3, -0.25) is 5.41 Å². The molecule has 0 saturated heterocycles. The molecule has 0 radical (unpaired) electrons. The van der Waals surface area contributed by atoms with E-state index in [1.807, 2.05) is 0 Å². The lowest BCUT2D eigenvalue weighted by Crippen LogP contribution is -2.36. The van der Waals surface area contributed by atoms with Gasteiger partial charge in [0.2, 0.25) is 0 Å². The minimum Gasteiger partial charge on any atom is -0.449 e. The number of nitrogens with zero attached hydrogens (tertiary/aromatic N) is 2.